The van der Waals surface area contributed by atoms with E-state index >= 15 is 0 Å². The number of primary amides is 1. The molecule has 5 heterocycles. The number of urea groups is 1. The van der Waals surface area contributed by atoms with E-state index in [2.05, 4.69) is 21.3 Å². The van der Waals surface area contributed by atoms with Gasteiger partial charge < -0.3 is 114 Å². The molecule has 10 N–H and O–H groups in total. The summed E-state index contributed by atoms with van der Waals surface area (Å²) < 4.78 is 56.2. The maximum atomic E-state index is 14.9. The van der Waals surface area contributed by atoms with Crippen LogP contribution >= 0.6 is 34.5 Å². The fraction of sp³-hybridized carbons (Fsp3) is 0.469. The molecule has 10 rings (SSSR count). The lowest BCUT2D eigenvalue weighted by atomic mass is 9.95. The van der Waals surface area contributed by atoms with Crippen molar-refractivity contribution < 1.29 is 121 Å². The molecular weight excluding hydrogens is 1620 g/mol. The molecule has 0 aliphatic carbocycles. The highest BCUT2D eigenvalue weighted by Crippen LogP contribution is 2.49. The van der Waals surface area contributed by atoms with Crippen molar-refractivity contribution in [2.45, 2.75) is 94.3 Å². The van der Waals surface area contributed by atoms with Crippen LogP contribution in [-0.4, -0.2) is 288 Å². The second-order valence-corrected chi connectivity index (χ2v) is 30.3. The number of ether oxygens (including phenoxy) is 10. The van der Waals surface area contributed by atoms with Gasteiger partial charge in [0.1, 0.15) is 48.5 Å². The van der Waals surface area contributed by atoms with Gasteiger partial charge in [-0.05, 0) is 70.5 Å². The van der Waals surface area contributed by atoms with Gasteiger partial charge in [-0.1, -0.05) is 74.5 Å². The first-order valence-electron chi connectivity index (χ1n) is 38.7. The Labute approximate surface area is 699 Å². The Morgan fingerprint density at radius 1 is 0.613 bits per heavy atom. The predicted molar refractivity (Wildman–Crippen MR) is 435 cm³/mol. The van der Waals surface area contributed by atoms with Crippen LogP contribution in [0, 0.1) is 5.92 Å². The van der Waals surface area contributed by atoms with E-state index in [-0.39, 0.29) is 148 Å². The Kier molecular flexibility index (Phi) is 33.8. The van der Waals surface area contributed by atoms with Crippen molar-refractivity contribution >= 4 is 139 Å². The van der Waals surface area contributed by atoms with Gasteiger partial charge in [0.2, 0.25) is 24.0 Å². The molecular formula is C81H98Cl2N10O25S. The number of nitrogens with zero attached hydrogens (tertiary/aromatic N) is 5. The number of imide groups is 1. The summed E-state index contributed by atoms with van der Waals surface area (Å²) in [6.07, 6.45) is -8.26. The lowest BCUT2D eigenvalue weighted by Crippen LogP contribution is -2.61. The normalized spacial score (nSPS) is 18.5. The number of nitrogens with two attached hydrogens (primary N) is 1. The van der Waals surface area contributed by atoms with E-state index in [0.717, 1.165) is 21.8 Å². The highest BCUT2D eigenvalue weighted by atomic mass is 35.5. The number of aliphatic hydroxyl groups excluding tert-OH is 3. The fourth-order valence-electron chi connectivity index (χ4n) is 13.6. The number of hydrogen-bond acceptors (Lipinski definition) is 25. The van der Waals surface area contributed by atoms with Crippen LogP contribution in [0.4, 0.5) is 31.4 Å². The molecule has 1 fully saturated rings. The van der Waals surface area contributed by atoms with Crippen LogP contribution in [0.1, 0.15) is 81.0 Å². The summed E-state index contributed by atoms with van der Waals surface area (Å²) in [6, 6.07) is 23.9. The van der Waals surface area contributed by atoms with E-state index in [1.165, 1.54) is 51.9 Å². The Morgan fingerprint density at radius 2 is 1.11 bits per heavy atom. The Bertz CT molecular complexity index is 4600. The molecule has 4 aliphatic rings. The number of carbonyl (C=O) groups excluding carboxylic acids is 10. The van der Waals surface area contributed by atoms with Crippen LogP contribution in [0.2, 0.25) is 0 Å². The van der Waals surface area contributed by atoms with Gasteiger partial charge in [0.05, 0.1) is 107 Å². The van der Waals surface area contributed by atoms with Crippen molar-refractivity contribution in [1.82, 2.24) is 30.7 Å². The summed E-state index contributed by atoms with van der Waals surface area (Å²) in [5, 5.41) is 54.7. The highest BCUT2D eigenvalue weighted by Gasteiger charge is 2.49. The first-order chi connectivity index (χ1) is 57.3. The standard InChI is InChI=1S/C81H98Cl2N10O25S/c1-47(2)68(88-63(94)23-28-109-30-32-111-34-36-113-38-39-114-37-35-112-33-31-110-29-27-91-64(95)21-22-65(91)96)74(101)87-56(14-9-24-85-79(84)106)73(100)86-51-17-15-48(16-18-51)46-115-80(107)89(3)25-26-90(4)81(108)117-60-41-58-67(55-13-8-6-11-53(55)60)50(43-83)45-93(58)76(103)62-20-19-61(119-62)75(102)92-44-49(42-82)66-54-12-7-5-10-52(54)59(40-57(66)92)116-78-71(99)69(97)70(98)72(118-78)77(104)105/h5-8,10-13,15-22,40-41,47,49-50,56,68-72,78,97-99H,9,14,23-39,42-46H2,1-4H3,(H,86,100)(H,87,101)(H,88,94)(H,104,105)(H3,84,85,106). The van der Waals surface area contributed by atoms with Crippen LogP contribution in [-0.2, 0) is 73.3 Å². The maximum Gasteiger partial charge on any atom is 0.415 e. The minimum Gasteiger partial charge on any atom is -0.479 e. The smallest absolute Gasteiger partial charge is 0.415 e. The minimum absolute atomic E-state index is 0.00740. The van der Waals surface area contributed by atoms with E-state index in [0.29, 0.717) is 103 Å². The molecule has 4 aliphatic heterocycles. The third-order valence-corrected chi connectivity index (χ3v) is 21.7. The van der Waals surface area contributed by atoms with E-state index in [9.17, 15) is 73.2 Å². The molecule has 9 unspecified atom stereocenters. The fourth-order valence-corrected chi connectivity index (χ4v) is 15.0. The molecule has 119 heavy (non-hydrogen) atoms. The number of likely N-dealkylation sites (N-methyl/N-ethyl adjacent to an activating group) is 2. The zero-order valence-corrected chi connectivity index (χ0v) is 68.3. The largest absolute Gasteiger partial charge is 0.479 e. The minimum atomic E-state index is -1.96. The summed E-state index contributed by atoms with van der Waals surface area (Å²) in [5.41, 5.74) is 8.42. The molecule has 0 bridgehead atoms. The zero-order chi connectivity index (χ0) is 85.4. The SMILES string of the molecule is CC(C)C(NC(=O)CCOCCOCCOCCOCCOCCOCCN1C(=O)C=CC1=O)C(=O)NC(CCCNC(N)=O)C(=O)Nc1ccc(COC(=O)N(C)CCN(C)C(=O)Oc2cc3c(c4ccccc24)C(CCl)CN3C(=O)c2ccc(C(=O)N3CC(CCl)c4c3cc(OC3OC(C(=O)O)C(O)C(O)C3O)c3ccccc43)s2)cc1. The number of carbonyl (C=O) groups is 11. The van der Waals surface area contributed by atoms with Crippen molar-refractivity contribution in [3.05, 3.63) is 136 Å². The third-order valence-electron chi connectivity index (χ3n) is 19.9. The van der Waals surface area contributed by atoms with Crippen LogP contribution < -0.4 is 46.3 Å². The van der Waals surface area contributed by atoms with Gasteiger partial charge in [-0.15, -0.1) is 34.5 Å². The zero-order valence-electron chi connectivity index (χ0n) is 66.0. The summed E-state index contributed by atoms with van der Waals surface area (Å²) in [4.78, 5) is 151. The number of benzene rings is 5. The molecule has 0 saturated carbocycles. The van der Waals surface area contributed by atoms with Crippen LogP contribution in [0.15, 0.2) is 109 Å². The lowest BCUT2D eigenvalue weighted by Gasteiger charge is -2.38. The number of aliphatic hydroxyl groups is 3. The topological polar surface area (TPSA) is 451 Å². The molecule has 642 valence electrons. The van der Waals surface area contributed by atoms with Crippen molar-refractivity contribution in [2.24, 2.45) is 11.7 Å². The number of fused-ring (bicyclic) bond motifs is 6. The van der Waals surface area contributed by atoms with Crippen molar-refractivity contribution in [2.75, 3.05) is 160 Å². The van der Waals surface area contributed by atoms with Gasteiger partial charge in [0.15, 0.2) is 6.10 Å². The Morgan fingerprint density at radius 3 is 1.62 bits per heavy atom. The van der Waals surface area contributed by atoms with E-state index in [1.807, 2.05) is 12.1 Å². The molecule has 0 spiro atoms. The van der Waals surface area contributed by atoms with Gasteiger partial charge in [-0.2, -0.15) is 0 Å². The number of thiophene rings is 1. The van der Waals surface area contributed by atoms with Crippen LogP contribution in [0.25, 0.3) is 21.5 Å². The van der Waals surface area contributed by atoms with Crippen molar-refractivity contribution in [3.63, 3.8) is 0 Å². The molecule has 11 amide bonds. The predicted octanol–water partition coefficient (Wildman–Crippen LogP) is 5.42. The molecule has 35 nitrogen and oxygen atoms in total. The first-order valence-corrected chi connectivity index (χ1v) is 40.5. The second kappa shape index (κ2) is 44.2. The quantitative estimate of drug-likeness (QED) is 0.0131. The molecule has 5 aromatic carbocycles. The van der Waals surface area contributed by atoms with Gasteiger partial charge in [-0.3, -0.25) is 38.5 Å². The first kappa shape index (κ1) is 91.1. The number of carboxylic acids is 1. The average molecular weight is 1710 g/mol. The Hall–Kier alpha value is -10.2. The number of hydrogen-bond donors (Lipinski definition) is 9. The molecule has 1 aromatic heterocycles. The second-order valence-electron chi connectivity index (χ2n) is 28.6. The highest BCUT2D eigenvalue weighted by molar-refractivity contribution is 7.16. The maximum absolute atomic E-state index is 14.9. The number of rotatable bonds is 44. The van der Waals surface area contributed by atoms with Gasteiger partial charge in [0, 0.05) is 118 Å². The van der Waals surface area contributed by atoms with E-state index in [1.54, 1.807) is 92.7 Å². The Balaban J connectivity index is 0.655. The monoisotopic (exact) mass is 1710 g/mol. The van der Waals surface area contributed by atoms with Crippen molar-refractivity contribution in [1.29, 1.82) is 0 Å². The number of amides is 11. The van der Waals surface area contributed by atoms with E-state index in [4.69, 9.17) is 76.3 Å². The molecule has 38 heteroatoms. The molecule has 1 saturated heterocycles. The van der Waals surface area contributed by atoms with Crippen LogP contribution in [0.3, 0.4) is 0 Å². The number of halogens is 2. The summed E-state index contributed by atoms with van der Waals surface area (Å²) in [7, 11) is 2.98. The summed E-state index contributed by atoms with van der Waals surface area (Å²) >= 11 is 14.2. The number of aliphatic carboxylic acids is 1. The van der Waals surface area contributed by atoms with Crippen molar-refractivity contribution in [3.8, 4) is 11.5 Å². The third kappa shape index (κ3) is 24.1. The number of nitrogens with one attached hydrogen (secondary N) is 4. The number of carboxylic acid groups (broad SMARTS) is 1. The summed E-state index contributed by atoms with van der Waals surface area (Å²) in [6.45, 7) is 7.22. The average Bonchev–Trinajstić information content (AvgIpc) is 1.61. The van der Waals surface area contributed by atoms with Gasteiger partial charge in [-0.25, -0.2) is 19.2 Å². The lowest BCUT2D eigenvalue weighted by molar-refractivity contribution is -0.270. The molecule has 6 aromatic rings. The number of anilines is 3. The number of alkyl halides is 2. The van der Waals surface area contributed by atoms with Crippen LogP contribution in [0.5, 0.6) is 11.5 Å². The van der Waals surface area contributed by atoms with Gasteiger partial charge in [0.25, 0.3) is 23.6 Å². The summed E-state index contributed by atoms with van der Waals surface area (Å²) in [5.74, 6) is -5.63. The molecule has 0 radical (unpaired) electrons. The van der Waals surface area contributed by atoms with Gasteiger partial charge >= 0.3 is 24.2 Å². The van der Waals surface area contributed by atoms with E-state index < -0.39 is 102 Å². The molecule has 9 atom stereocenters.